The summed E-state index contributed by atoms with van der Waals surface area (Å²) in [5, 5.41) is 0. The third-order valence-electron chi connectivity index (χ3n) is 14.6. The fourth-order valence-electron chi connectivity index (χ4n) is 9.62. The Morgan fingerprint density at radius 1 is 0.269 bits per heavy atom. The second kappa shape index (κ2) is 66.1. The van der Waals surface area contributed by atoms with E-state index in [-0.39, 0.29) is 31.1 Å². The van der Waals surface area contributed by atoms with E-state index >= 15 is 0 Å². The first-order valence-electron chi connectivity index (χ1n) is 33.6. The number of ether oxygens (including phenoxy) is 3. The maximum Gasteiger partial charge on any atom is 0.306 e. The van der Waals surface area contributed by atoms with Gasteiger partial charge in [-0.25, -0.2) is 0 Å². The summed E-state index contributed by atoms with van der Waals surface area (Å²) in [5.74, 6) is -0.866. The molecule has 0 aromatic carbocycles. The van der Waals surface area contributed by atoms with Crippen LogP contribution < -0.4 is 0 Å². The third-order valence-corrected chi connectivity index (χ3v) is 14.6. The first-order valence-corrected chi connectivity index (χ1v) is 33.6. The van der Waals surface area contributed by atoms with Crippen LogP contribution in [0.25, 0.3) is 0 Å². The summed E-state index contributed by atoms with van der Waals surface area (Å²) in [7, 11) is 0. The van der Waals surface area contributed by atoms with Crippen molar-refractivity contribution in [2.75, 3.05) is 13.2 Å². The lowest BCUT2D eigenvalue weighted by molar-refractivity contribution is -0.167. The van der Waals surface area contributed by atoms with Crippen molar-refractivity contribution in [2.24, 2.45) is 0 Å². The van der Waals surface area contributed by atoms with Crippen LogP contribution in [0.2, 0.25) is 0 Å². The van der Waals surface area contributed by atoms with Crippen molar-refractivity contribution in [3.63, 3.8) is 0 Å². The molecule has 0 heterocycles. The van der Waals surface area contributed by atoms with Gasteiger partial charge in [-0.2, -0.15) is 0 Å². The average Bonchev–Trinajstić information content (AvgIpc) is 3.44. The molecule has 0 aromatic rings. The SMILES string of the molecule is CC/C=C\C/C=C\C/C=C\C/C=C\C/C=C\C/C=C\CCCCCCCCCCCCCCC(=O)OCC(COC(=O)CCCCCCCCCCCCC)OC(=O)CCCCCCCCC/C=C\CCCCCCCCC. The Balaban J connectivity index is 4.20. The summed E-state index contributed by atoms with van der Waals surface area (Å²) < 4.78 is 16.9. The molecule has 0 spiro atoms. The summed E-state index contributed by atoms with van der Waals surface area (Å²) in [6.45, 7) is 6.55. The van der Waals surface area contributed by atoms with Gasteiger partial charge in [-0.1, -0.05) is 305 Å². The zero-order valence-corrected chi connectivity index (χ0v) is 51.7. The monoisotopic (exact) mass is 1090 g/mol. The van der Waals surface area contributed by atoms with Crippen LogP contribution in [0.5, 0.6) is 0 Å². The molecule has 0 fully saturated rings. The fraction of sp³-hybridized carbons (Fsp3) is 0.764. The standard InChI is InChI=1S/C72H126O6/c1-4-7-10-13-16-19-22-24-26-28-30-31-32-33-34-35-36-37-38-39-40-41-42-44-45-47-50-53-56-59-62-65-71(74)77-68-69(67-76-70(73)64-61-58-55-52-49-21-18-15-12-9-6-3)78-72(75)66-63-60-57-54-51-48-46-43-29-27-25-23-20-17-14-11-8-5-2/h7,10,16,19,24,26-27,29-31,33-34,36-37,69H,4-6,8-9,11-15,17-18,20-23,25,28,32,35,38-68H2,1-3H3/b10-7-,19-16-,26-24-,29-27-,31-30-,34-33-,37-36-. The highest BCUT2D eigenvalue weighted by Gasteiger charge is 2.19. The molecular formula is C72H126O6. The van der Waals surface area contributed by atoms with Gasteiger partial charge in [0.25, 0.3) is 0 Å². The molecule has 6 nitrogen and oxygen atoms in total. The number of unbranched alkanes of at least 4 members (excludes halogenated alkanes) is 36. The van der Waals surface area contributed by atoms with Crippen LogP contribution in [0.1, 0.15) is 335 Å². The smallest absolute Gasteiger partial charge is 0.306 e. The number of hydrogen-bond donors (Lipinski definition) is 0. The van der Waals surface area contributed by atoms with Crippen molar-refractivity contribution in [1.29, 1.82) is 0 Å². The molecule has 450 valence electrons. The Bertz CT molecular complexity index is 1480. The minimum Gasteiger partial charge on any atom is -0.462 e. The van der Waals surface area contributed by atoms with E-state index in [1.54, 1.807) is 0 Å². The predicted molar refractivity (Wildman–Crippen MR) is 339 cm³/mol. The van der Waals surface area contributed by atoms with E-state index in [0.29, 0.717) is 19.3 Å². The summed E-state index contributed by atoms with van der Waals surface area (Å²) in [6, 6.07) is 0. The van der Waals surface area contributed by atoms with E-state index in [2.05, 4.69) is 106 Å². The summed E-state index contributed by atoms with van der Waals surface area (Å²) in [5.41, 5.74) is 0. The van der Waals surface area contributed by atoms with Crippen molar-refractivity contribution in [3.8, 4) is 0 Å². The number of allylic oxidation sites excluding steroid dienone is 14. The molecule has 0 radical (unpaired) electrons. The molecule has 0 aliphatic rings. The zero-order valence-electron chi connectivity index (χ0n) is 51.7. The first kappa shape index (κ1) is 74.6. The Morgan fingerprint density at radius 2 is 0.500 bits per heavy atom. The third kappa shape index (κ3) is 63.4. The van der Waals surface area contributed by atoms with Gasteiger partial charge >= 0.3 is 17.9 Å². The molecule has 1 atom stereocenters. The van der Waals surface area contributed by atoms with Crippen LogP contribution in [0.3, 0.4) is 0 Å². The van der Waals surface area contributed by atoms with Crippen molar-refractivity contribution in [1.82, 2.24) is 0 Å². The van der Waals surface area contributed by atoms with Gasteiger partial charge in [0.2, 0.25) is 0 Å². The Labute approximate surface area is 484 Å². The molecule has 0 saturated heterocycles. The minimum atomic E-state index is -0.777. The zero-order chi connectivity index (χ0) is 56.4. The number of hydrogen-bond acceptors (Lipinski definition) is 6. The van der Waals surface area contributed by atoms with Crippen molar-refractivity contribution in [2.45, 2.75) is 341 Å². The van der Waals surface area contributed by atoms with Gasteiger partial charge in [0.05, 0.1) is 0 Å². The minimum absolute atomic E-state index is 0.0741. The lowest BCUT2D eigenvalue weighted by atomic mass is 10.0. The summed E-state index contributed by atoms with van der Waals surface area (Å²) in [6.07, 6.45) is 87.4. The quantitative estimate of drug-likeness (QED) is 0.0261. The van der Waals surface area contributed by atoms with Gasteiger partial charge in [0.1, 0.15) is 13.2 Å². The van der Waals surface area contributed by atoms with Crippen LogP contribution in [0, 0.1) is 0 Å². The molecule has 0 rings (SSSR count). The highest BCUT2D eigenvalue weighted by atomic mass is 16.6. The van der Waals surface area contributed by atoms with E-state index in [1.165, 1.54) is 199 Å². The predicted octanol–water partition coefficient (Wildman–Crippen LogP) is 23.1. The lowest BCUT2D eigenvalue weighted by Gasteiger charge is -2.18. The molecule has 0 amide bonds. The second-order valence-corrected chi connectivity index (χ2v) is 22.4. The normalized spacial score (nSPS) is 12.6. The molecule has 1 unspecified atom stereocenters. The summed E-state index contributed by atoms with van der Waals surface area (Å²) >= 11 is 0. The van der Waals surface area contributed by atoms with Gasteiger partial charge in [-0.3, -0.25) is 14.4 Å². The van der Waals surface area contributed by atoms with Crippen LogP contribution in [0.15, 0.2) is 85.1 Å². The largest absolute Gasteiger partial charge is 0.462 e. The van der Waals surface area contributed by atoms with Gasteiger partial charge in [0.15, 0.2) is 6.10 Å². The molecule has 0 bridgehead atoms. The molecule has 0 aliphatic heterocycles. The molecular weight excluding hydrogens is 961 g/mol. The first-order chi connectivity index (χ1) is 38.5. The second-order valence-electron chi connectivity index (χ2n) is 22.4. The number of esters is 3. The van der Waals surface area contributed by atoms with E-state index < -0.39 is 6.10 Å². The van der Waals surface area contributed by atoms with Crippen LogP contribution in [-0.4, -0.2) is 37.2 Å². The highest BCUT2D eigenvalue weighted by molar-refractivity contribution is 5.71. The van der Waals surface area contributed by atoms with E-state index in [1.807, 2.05) is 0 Å². The maximum atomic E-state index is 12.9. The molecule has 0 aromatic heterocycles. The van der Waals surface area contributed by atoms with Crippen LogP contribution in [0.4, 0.5) is 0 Å². The Kier molecular flexibility index (Phi) is 63.2. The molecule has 0 N–H and O–H groups in total. The van der Waals surface area contributed by atoms with Gasteiger partial charge < -0.3 is 14.2 Å². The van der Waals surface area contributed by atoms with E-state index in [0.717, 1.165) is 96.3 Å². The molecule has 6 heteroatoms. The number of carbonyl (C=O) groups excluding carboxylic acids is 3. The Hall–Kier alpha value is -3.41. The van der Waals surface area contributed by atoms with Gasteiger partial charge in [-0.05, 0) is 96.3 Å². The average molecular weight is 1090 g/mol. The van der Waals surface area contributed by atoms with Gasteiger partial charge in [-0.15, -0.1) is 0 Å². The Morgan fingerprint density at radius 3 is 0.795 bits per heavy atom. The maximum absolute atomic E-state index is 12.9. The van der Waals surface area contributed by atoms with Crippen molar-refractivity contribution >= 4 is 17.9 Å². The number of carbonyl (C=O) groups is 3. The number of rotatable bonds is 61. The topological polar surface area (TPSA) is 78.9 Å². The van der Waals surface area contributed by atoms with Crippen LogP contribution in [-0.2, 0) is 28.6 Å². The van der Waals surface area contributed by atoms with Crippen LogP contribution >= 0.6 is 0 Å². The van der Waals surface area contributed by atoms with E-state index in [9.17, 15) is 14.4 Å². The lowest BCUT2D eigenvalue weighted by Crippen LogP contribution is -2.30. The summed E-state index contributed by atoms with van der Waals surface area (Å²) in [4.78, 5) is 38.3. The van der Waals surface area contributed by atoms with Crippen molar-refractivity contribution in [3.05, 3.63) is 85.1 Å². The molecule has 0 aliphatic carbocycles. The van der Waals surface area contributed by atoms with Crippen molar-refractivity contribution < 1.29 is 28.6 Å². The van der Waals surface area contributed by atoms with E-state index in [4.69, 9.17) is 14.2 Å². The molecule has 78 heavy (non-hydrogen) atoms. The fourth-order valence-corrected chi connectivity index (χ4v) is 9.62. The highest BCUT2D eigenvalue weighted by Crippen LogP contribution is 2.17. The molecule has 0 saturated carbocycles. The van der Waals surface area contributed by atoms with Gasteiger partial charge in [0, 0.05) is 19.3 Å².